The van der Waals surface area contributed by atoms with Crippen molar-refractivity contribution < 1.29 is 22.7 Å². The Balaban J connectivity index is 1.78. The quantitative estimate of drug-likeness (QED) is 0.678. The van der Waals surface area contributed by atoms with Crippen LogP contribution in [-0.4, -0.2) is 46.4 Å². The Hall–Kier alpha value is -3.63. The molecule has 0 bridgehead atoms. The highest BCUT2D eigenvalue weighted by molar-refractivity contribution is 6.09. The van der Waals surface area contributed by atoms with E-state index in [0.717, 1.165) is 18.7 Å². The van der Waals surface area contributed by atoms with Crippen LogP contribution in [0.25, 0.3) is 11.1 Å². The first-order valence-electron chi connectivity index (χ1n) is 9.40. The molecule has 0 saturated carbocycles. The summed E-state index contributed by atoms with van der Waals surface area (Å²) in [5.41, 5.74) is 0.659. The number of carbonyl (C=O) groups excluding carboxylic acids is 1. The van der Waals surface area contributed by atoms with Crippen LogP contribution in [0.5, 0.6) is 5.88 Å². The lowest BCUT2D eigenvalue weighted by atomic mass is 10.0. The van der Waals surface area contributed by atoms with Crippen LogP contribution in [0.1, 0.15) is 29.0 Å². The Labute approximate surface area is 175 Å². The maximum absolute atomic E-state index is 13.4. The first-order chi connectivity index (χ1) is 14.7. The number of fused-ring (bicyclic) bond motifs is 1. The molecule has 11 heteroatoms. The molecule has 0 fully saturated rings. The minimum absolute atomic E-state index is 0.0748. The number of ether oxygens (including phenoxy) is 1. The lowest BCUT2D eigenvalue weighted by molar-refractivity contribution is -0.139. The fourth-order valence-electron chi connectivity index (χ4n) is 3.56. The zero-order valence-electron chi connectivity index (χ0n) is 16.9. The summed E-state index contributed by atoms with van der Waals surface area (Å²) < 4.78 is 46.0. The van der Waals surface area contributed by atoms with Crippen molar-refractivity contribution in [3.8, 4) is 17.0 Å². The number of aromatic nitrogens is 4. The lowest BCUT2D eigenvalue weighted by Gasteiger charge is -2.32. The van der Waals surface area contributed by atoms with Gasteiger partial charge in [0, 0.05) is 25.4 Å². The minimum Gasteiger partial charge on any atom is -0.481 e. The molecule has 4 rings (SSSR count). The summed E-state index contributed by atoms with van der Waals surface area (Å²) in [4.78, 5) is 22.9. The third kappa shape index (κ3) is 3.56. The van der Waals surface area contributed by atoms with E-state index in [9.17, 15) is 18.0 Å². The van der Waals surface area contributed by atoms with Gasteiger partial charge in [0.15, 0.2) is 0 Å². The number of amides is 1. The molecule has 1 unspecified atom stereocenters. The number of hydrogen-bond acceptors (Lipinski definition) is 6. The third-order valence-electron chi connectivity index (χ3n) is 5.06. The van der Waals surface area contributed by atoms with Crippen molar-refractivity contribution in [2.45, 2.75) is 19.1 Å². The second-order valence-corrected chi connectivity index (χ2v) is 7.02. The van der Waals surface area contributed by atoms with E-state index in [0.29, 0.717) is 17.1 Å². The molecule has 0 aromatic carbocycles. The normalized spacial score (nSPS) is 16.3. The SMILES string of the molecule is CNc1cc(-c2cnn3c2C(=O)N(c2ccc(C(F)(F)F)c(OC)n2)CC3C)ccn1. The van der Waals surface area contributed by atoms with Gasteiger partial charge in [-0.3, -0.25) is 14.4 Å². The Morgan fingerprint density at radius 3 is 2.71 bits per heavy atom. The molecule has 0 aliphatic carbocycles. The van der Waals surface area contributed by atoms with Crippen molar-refractivity contribution in [3.05, 3.63) is 47.9 Å². The Morgan fingerprint density at radius 1 is 1.26 bits per heavy atom. The van der Waals surface area contributed by atoms with Crippen molar-refractivity contribution in [3.63, 3.8) is 0 Å². The molecule has 4 heterocycles. The van der Waals surface area contributed by atoms with Gasteiger partial charge >= 0.3 is 6.18 Å². The van der Waals surface area contributed by atoms with Crippen LogP contribution in [0, 0.1) is 0 Å². The second-order valence-electron chi connectivity index (χ2n) is 7.02. The molecule has 3 aromatic rings. The topological polar surface area (TPSA) is 85.2 Å². The number of nitrogens with zero attached hydrogens (tertiary/aromatic N) is 5. The average molecular weight is 432 g/mol. The van der Waals surface area contributed by atoms with E-state index in [4.69, 9.17) is 4.74 Å². The maximum Gasteiger partial charge on any atom is 0.421 e. The predicted octanol–water partition coefficient (Wildman–Crippen LogP) is 3.63. The van der Waals surface area contributed by atoms with Crippen molar-refractivity contribution in [1.29, 1.82) is 0 Å². The Kier molecular flexibility index (Phi) is 5.03. The van der Waals surface area contributed by atoms with E-state index in [-0.39, 0.29) is 18.4 Å². The van der Waals surface area contributed by atoms with Crippen LogP contribution in [0.3, 0.4) is 0 Å². The lowest BCUT2D eigenvalue weighted by Crippen LogP contribution is -2.43. The third-order valence-corrected chi connectivity index (χ3v) is 5.06. The van der Waals surface area contributed by atoms with Gasteiger partial charge in [-0.05, 0) is 36.8 Å². The largest absolute Gasteiger partial charge is 0.481 e. The number of pyridine rings is 2. The van der Waals surface area contributed by atoms with Gasteiger partial charge in [0.2, 0.25) is 5.88 Å². The van der Waals surface area contributed by atoms with Crippen molar-refractivity contribution in [2.75, 3.05) is 30.9 Å². The molecule has 31 heavy (non-hydrogen) atoms. The number of rotatable bonds is 4. The zero-order valence-corrected chi connectivity index (χ0v) is 16.9. The van der Waals surface area contributed by atoms with E-state index < -0.39 is 23.5 Å². The van der Waals surface area contributed by atoms with Crippen LogP contribution >= 0.6 is 0 Å². The molecule has 1 N–H and O–H groups in total. The summed E-state index contributed by atoms with van der Waals surface area (Å²) in [5, 5.41) is 7.31. The number of nitrogens with one attached hydrogen (secondary N) is 1. The van der Waals surface area contributed by atoms with Gasteiger partial charge in [-0.2, -0.15) is 23.3 Å². The molecule has 8 nitrogen and oxygen atoms in total. The molecule has 1 aliphatic heterocycles. The van der Waals surface area contributed by atoms with Crippen molar-refractivity contribution >= 4 is 17.5 Å². The summed E-state index contributed by atoms with van der Waals surface area (Å²) in [6.07, 6.45) is -1.40. The first-order valence-corrected chi connectivity index (χ1v) is 9.40. The molecular formula is C20H19F3N6O2. The number of carbonyl (C=O) groups is 1. The van der Waals surface area contributed by atoms with Crippen LogP contribution in [0.15, 0.2) is 36.7 Å². The number of halogens is 3. The van der Waals surface area contributed by atoms with Crippen molar-refractivity contribution in [2.24, 2.45) is 0 Å². The standard InChI is InChI=1S/C20H19F3N6O2/c1-11-10-28(16-5-4-14(20(21,22)23)18(27-16)31-3)19(30)17-13(9-26-29(11)17)12-6-7-25-15(8-12)24-2/h4-9,11H,10H2,1-3H3,(H,24,25). The van der Waals surface area contributed by atoms with Crippen LogP contribution < -0.4 is 15.0 Å². The van der Waals surface area contributed by atoms with Crippen LogP contribution in [0.2, 0.25) is 0 Å². The van der Waals surface area contributed by atoms with Gasteiger partial charge in [0.05, 0.1) is 19.3 Å². The molecule has 0 spiro atoms. The predicted molar refractivity (Wildman–Crippen MR) is 107 cm³/mol. The fraction of sp³-hybridized carbons (Fsp3) is 0.300. The van der Waals surface area contributed by atoms with Crippen LogP contribution in [0.4, 0.5) is 24.8 Å². The first kappa shape index (κ1) is 20.6. The van der Waals surface area contributed by atoms with Gasteiger partial charge < -0.3 is 10.1 Å². The molecule has 1 aliphatic rings. The van der Waals surface area contributed by atoms with Crippen LogP contribution in [-0.2, 0) is 6.18 Å². The molecule has 3 aromatic heterocycles. The van der Waals surface area contributed by atoms with Gasteiger partial charge in [0.1, 0.15) is 22.9 Å². The number of alkyl halides is 3. The smallest absolute Gasteiger partial charge is 0.421 e. The molecule has 0 radical (unpaired) electrons. The zero-order chi connectivity index (χ0) is 22.3. The molecular weight excluding hydrogens is 413 g/mol. The highest BCUT2D eigenvalue weighted by Crippen LogP contribution is 2.38. The fourth-order valence-corrected chi connectivity index (χ4v) is 3.56. The van der Waals surface area contributed by atoms with Gasteiger partial charge in [0.25, 0.3) is 5.91 Å². The second kappa shape index (κ2) is 7.56. The van der Waals surface area contributed by atoms with E-state index >= 15 is 0 Å². The molecule has 0 saturated heterocycles. The van der Waals surface area contributed by atoms with Gasteiger partial charge in [-0.15, -0.1) is 0 Å². The Morgan fingerprint density at radius 2 is 2.03 bits per heavy atom. The molecule has 162 valence electrons. The Bertz CT molecular complexity index is 1140. The van der Waals surface area contributed by atoms with E-state index in [2.05, 4.69) is 20.4 Å². The maximum atomic E-state index is 13.4. The summed E-state index contributed by atoms with van der Waals surface area (Å²) in [6.45, 7) is 2.07. The summed E-state index contributed by atoms with van der Waals surface area (Å²) in [5.74, 6) is -0.300. The van der Waals surface area contributed by atoms with Crippen molar-refractivity contribution in [1.82, 2.24) is 19.7 Å². The minimum atomic E-state index is -4.62. The monoisotopic (exact) mass is 432 g/mol. The summed E-state index contributed by atoms with van der Waals surface area (Å²) in [6, 6.07) is 5.37. The van der Waals surface area contributed by atoms with E-state index in [1.165, 1.54) is 11.0 Å². The summed E-state index contributed by atoms with van der Waals surface area (Å²) >= 11 is 0. The number of hydrogen-bond donors (Lipinski definition) is 1. The number of methoxy groups -OCH3 is 1. The average Bonchev–Trinajstić information content (AvgIpc) is 3.21. The van der Waals surface area contributed by atoms with E-state index in [1.54, 1.807) is 36.3 Å². The van der Waals surface area contributed by atoms with Gasteiger partial charge in [-0.1, -0.05) is 0 Å². The number of anilines is 2. The highest BCUT2D eigenvalue weighted by Gasteiger charge is 2.38. The highest BCUT2D eigenvalue weighted by atomic mass is 19.4. The molecule has 1 atom stereocenters. The van der Waals surface area contributed by atoms with E-state index in [1.807, 2.05) is 6.92 Å². The summed E-state index contributed by atoms with van der Waals surface area (Å²) in [7, 11) is 2.84. The molecule has 1 amide bonds. The van der Waals surface area contributed by atoms with Gasteiger partial charge in [-0.25, -0.2) is 4.98 Å².